The van der Waals surface area contributed by atoms with E-state index in [-0.39, 0.29) is 9.37 Å². The second-order valence-electron chi connectivity index (χ2n) is 4.20. The summed E-state index contributed by atoms with van der Waals surface area (Å²) in [5.74, 6) is -0.621. The molecule has 0 fully saturated rings. The maximum Gasteiger partial charge on any atom is 0.241 e. The van der Waals surface area contributed by atoms with Crippen LogP contribution < -0.4 is 4.72 Å². The first-order valence-corrected chi connectivity index (χ1v) is 8.05. The van der Waals surface area contributed by atoms with Crippen molar-refractivity contribution in [3.63, 3.8) is 0 Å². The number of halogens is 2. The number of nitrogens with one attached hydrogen (secondary N) is 1. The van der Waals surface area contributed by atoms with Crippen molar-refractivity contribution < 1.29 is 12.8 Å². The summed E-state index contributed by atoms with van der Waals surface area (Å²) in [6.45, 7) is 1.71. The van der Waals surface area contributed by atoms with E-state index in [1.807, 2.05) is 0 Å². The molecule has 2 rings (SSSR count). The number of pyridine rings is 1. The van der Waals surface area contributed by atoms with Crippen LogP contribution in [0.15, 0.2) is 52.1 Å². The zero-order valence-electron chi connectivity index (χ0n) is 10.5. The zero-order chi connectivity index (χ0) is 14.8. The Kier molecular flexibility index (Phi) is 4.52. The highest BCUT2D eigenvalue weighted by Crippen LogP contribution is 2.21. The Bertz CT molecular complexity index is 708. The van der Waals surface area contributed by atoms with E-state index in [2.05, 4.69) is 25.6 Å². The van der Waals surface area contributed by atoms with Crippen LogP contribution in [0.3, 0.4) is 0 Å². The summed E-state index contributed by atoms with van der Waals surface area (Å²) in [4.78, 5) is 3.76. The van der Waals surface area contributed by atoms with E-state index in [4.69, 9.17) is 0 Å². The standard InChI is InChI=1S/C13H12BrFN2O2S/c1-9(10-4-6-16-7-5-10)17-20(18,19)11-2-3-12(14)13(15)8-11/h2-9,17H,1H3. The molecule has 0 aliphatic carbocycles. The van der Waals surface area contributed by atoms with E-state index in [1.54, 1.807) is 31.5 Å². The third-order valence-corrected chi connectivity index (χ3v) is 4.92. The monoisotopic (exact) mass is 358 g/mol. The van der Waals surface area contributed by atoms with Crippen molar-refractivity contribution in [3.05, 3.63) is 58.6 Å². The minimum Gasteiger partial charge on any atom is -0.265 e. The van der Waals surface area contributed by atoms with E-state index in [1.165, 1.54) is 12.1 Å². The van der Waals surface area contributed by atoms with Crippen LogP contribution in [-0.4, -0.2) is 13.4 Å². The Morgan fingerprint density at radius 1 is 1.25 bits per heavy atom. The third kappa shape index (κ3) is 3.41. The highest BCUT2D eigenvalue weighted by atomic mass is 79.9. The number of nitrogens with zero attached hydrogens (tertiary/aromatic N) is 1. The molecule has 1 heterocycles. The lowest BCUT2D eigenvalue weighted by Gasteiger charge is -2.14. The SMILES string of the molecule is CC(NS(=O)(=O)c1ccc(Br)c(F)c1)c1ccncc1. The first kappa shape index (κ1) is 15.1. The second kappa shape index (κ2) is 5.99. The molecule has 2 aromatic rings. The minimum absolute atomic E-state index is 0.112. The molecule has 1 unspecified atom stereocenters. The highest BCUT2D eigenvalue weighted by Gasteiger charge is 2.19. The fourth-order valence-electron chi connectivity index (χ4n) is 1.66. The maximum atomic E-state index is 13.4. The molecule has 1 atom stereocenters. The van der Waals surface area contributed by atoms with Gasteiger partial charge in [0.05, 0.1) is 9.37 Å². The first-order valence-electron chi connectivity index (χ1n) is 5.77. The van der Waals surface area contributed by atoms with Gasteiger partial charge in [0.15, 0.2) is 0 Å². The van der Waals surface area contributed by atoms with Gasteiger partial charge in [0.25, 0.3) is 0 Å². The number of hydrogen-bond acceptors (Lipinski definition) is 3. The molecule has 4 nitrogen and oxygen atoms in total. The van der Waals surface area contributed by atoms with Crippen molar-refractivity contribution >= 4 is 26.0 Å². The van der Waals surface area contributed by atoms with Crippen LogP contribution in [0.1, 0.15) is 18.5 Å². The van der Waals surface area contributed by atoms with Gasteiger partial charge in [0.2, 0.25) is 10.0 Å². The van der Waals surface area contributed by atoms with Crippen LogP contribution >= 0.6 is 15.9 Å². The minimum atomic E-state index is -3.78. The summed E-state index contributed by atoms with van der Waals surface area (Å²) in [5.41, 5.74) is 0.779. The van der Waals surface area contributed by atoms with Gasteiger partial charge in [-0.2, -0.15) is 0 Å². The molecule has 1 aromatic heterocycles. The van der Waals surface area contributed by atoms with Crippen LogP contribution in [0, 0.1) is 5.82 Å². The molecule has 1 aromatic carbocycles. The lowest BCUT2D eigenvalue weighted by atomic mass is 10.1. The van der Waals surface area contributed by atoms with Gasteiger partial charge in [-0.15, -0.1) is 0 Å². The molecule has 0 amide bonds. The van der Waals surface area contributed by atoms with Crippen LogP contribution in [0.4, 0.5) is 4.39 Å². The summed E-state index contributed by atoms with van der Waals surface area (Å²) in [5, 5.41) is 0. The summed E-state index contributed by atoms with van der Waals surface area (Å²) in [6, 6.07) is 6.68. The van der Waals surface area contributed by atoms with Crippen molar-refractivity contribution in [1.82, 2.24) is 9.71 Å². The second-order valence-corrected chi connectivity index (χ2v) is 6.77. The molecule has 0 spiro atoms. The average Bonchev–Trinajstić information content (AvgIpc) is 2.42. The van der Waals surface area contributed by atoms with Gasteiger partial charge in [-0.25, -0.2) is 17.5 Å². The van der Waals surface area contributed by atoms with Crippen molar-refractivity contribution in [2.45, 2.75) is 17.9 Å². The summed E-state index contributed by atoms with van der Waals surface area (Å²) >= 11 is 2.99. The Balaban J connectivity index is 2.25. The normalized spacial score (nSPS) is 13.2. The highest BCUT2D eigenvalue weighted by molar-refractivity contribution is 9.10. The molecular weight excluding hydrogens is 347 g/mol. The van der Waals surface area contributed by atoms with Crippen LogP contribution in [0.25, 0.3) is 0 Å². The Labute approximate surface area is 125 Å². The number of sulfonamides is 1. The quantitative estimate of drug-likeness (QED) is 0.913. The van der Waals surface area contributed by atoms with Gasteiger partial charge >= 0.3 is 0 Å². The molecule has 0 saturated heterocycles. The van der Waals surface area contributed by atoms with Crippen molar-refractivity contribution in [2.24, 2.45) is 0 Å². The molecule has 0 bridgehead atoms. The van der Waals surface area contributed by atoms with Gasteiger partial charge in [0.1, 0.15) is 5.82 Å². The fourth-order valence-corrected chi connectivity index (χ4v) is 3.15. The van der Waals surface area contributed by atoms with Gasteiger partial charge in [-0.1, -0.05) is 0 Å². The summed E-state index contributed by atoms with van der Waals surface area (Å²) < 4.78 is 40.5. The molecule has 20 heavy (non-hydrogen) atoms. The van der Waals surface area contributed by atoms with Crippen molar-refractivity contribution in [2.75, 3.05) is 0 Å². The van der Waals surface area contributed by atoms with E-state index < -0.39 is 21.9 Å². The van der Waals surface area contributed by atoms with Crippen LogP contribution in [0.5, 0.6) is 0 Å². The van der Waals surface area contributed by atoms with Crippen molar-refractivity contribution in [3.8, 4) is 0 Å². The molecule has 1 N–H and O–H groups in total. The predicted octanol–water partition coefficient (Wildman–Crippen LogP) is 3.02. The molecule has 0 saturated carbocycles. The number of rotatable bonds is 4. The first-order chi connectivity index (χ1) is 9.40. The predicted molar refractivity (Wildman–Crippen MR) is 77.1 cm³/mol. The lowest BCUT2D eigenvalue weighted by molar-refractivity contribution is 0.563. The maximum absolute atomic E-state index is 13.4. The Morgan fingerprint density at radius 2 is 1.90 bits per heavy atom. The van der Waals surface area contributed by atoms with Crippen LogP contribution in [-0.2, 0) is 10.0 Å². The Morgan fingerprint density at radius 3 is 2.50 bits per heavy atom. The number of aromatic nitrogens is 1. The van der Waals surface area contributed by atoms with Gasteiger partial charge in [0, 0.05) is 18.4 Å². The van der Waals surface area contributed by atoms with E-state index >= 15 is 0 Å². The average molecular weight is 359 g/mol. The van der Waals surface area contributed by atoms with Crippen molar-refractivity contribution in [1.29, 1.82) is 0 Å². The lowest BCUT2D eigenvalue weighted by Crippen LogP contribution is -2.27. The largest absolute Gasteiger partial charge is 0.265 e. The Hall–Kier alpha value is -1.31. The van der Waals surface area contributed by atoms with E-state index in [9.17, 15) is 12.8 Å². The van der Waals surface area contributed by atoms with E-state index in [0.717, 1.165) is 11.6 Å². The third-order valence-electron chi connectivity index (χ3n) is 2.74. The van der Waals surface area contributed by atoms with Crippen LogP contribution in [0.2, 0.25) is 0 Å². The molecule has 106 valence electrons. The zero-order valence-corrected chi connectivity index (χ0v) is 12.9. The molecular formula is C13H12BrFN2O2S. The number of benzene rings is 1. The van der Waals surface area contributed by atoms with Gasteiger partial charge in [-0.3, -0.25) is 4.98 Å². The van der Waals surface area contributed by atoms with Gasteiger partial charge < -0.3 is 0 Å². The number of hydrogen-bond donors (Lipinski definition) is 1. The molecule has 0 aliphatic rings. The molecule has 0 aliphatic heterocycles. The topological polar surface area (TPSA) is 59.1 Å². The smallest absolute Gasteiger partial charge is 0.241 e. The fraction of sp³-hybridized carbons (Fsp3) is 0.154. The molecule has 0 radical (unpaired) electrons. The summed E-state index contributed by atoms with van der Waals surface area (Å²) in [7, 11) is -3.78. The van der Waals surface area contributed by atoms with Gasteiger partial charge in [-0.05, 0) is 58.7 Å². The van der Waals surface area contributed by atoms with E-state index in [0.29, 0.717) is 0 Å². The molecule has 7 heteroatoms. The summed E-state index contributed by atoms with van der Waals surface area (Å²) in [6.07, 6.45) is 3.17.